The summed E-state index contributed by atoms with van der Waals surface area (Å²) in [6.07, 6.45) is 0.864. The number of benzene rings is 1. The lowest BCUT2D eigenvalue weighted by Crippen LogP contribution is -2.56. The number of fused-ring (bicyclic) bond motifs is 2. The van der Waals surface area contributed by atoms with Gasteiger partial charge in [-0.15, -0.1) is 11.8 Å². The molecule has 0 radical (unpaired) electrons. The summed E-state index contributed by atoms with van der Waals surface area (Å²) in [5, 5.41) is 6.53. The largest absolute Gasteiger partial charge is 0.471 e. The van der Waals surface area contributed by atoms with Crippen LogP contribution < -0.4 is 10.6 Å². The van der Waals surface area contributed by atoms with E-state index in [1.165, 1.54) is 53.3 Å². The number of halogens is 3. The molecule has 2 aromatic rings. The average Bonchev–Trinajstić information content (AvgIpc) is 3.10. The predicted molar refractivity (Wildman–Crippen MR) is 133 cm³/mol. The number of carbonyl (C=O) groups is 1. The van der Waals surface area contributed by atoms with Crippen LogP contribution in [-0.4, -0.2) is 64.8 Å². The normalized spacial score (nSPS) is 22.2. The van der Waals surface area contributed by atoms with Crippen LogP contribution in [-0.2, 0) is 11.2 Å². The summed E-state index contributed by atoms with van der Waals surface area (Å²) in [6.45, 7) is 6.79. The highest BCUT2D eigenvalue weighted by Crippen LogP contribution is 2.44. The molecule has 2 aliphatic rings. The topological polar surface area (TPSA) is 60.2 Å². The minimum absolute atomic E-state index is 0.449. The molecule has 1 aromatic carbocycles. The van der Waals surface area contributed by atoms with Gasteiger partial charge in [0.15, 0.2) is 0 Å². The van der Waals surface area contributed by atoms with Gasteiger partial charge in [0.25, 0.3) is 0 Å². The Labute approximate surface area is 202 Å². The monoisotopic (exact) mass is 500 g/mol. The average molecular weight is 501 g/mol. The van der Waals surface area contributed by atoms with Gasteiger partial charge in [0, 0.05) is 48.2 Å². The number of hydrogen-bond donors (Lipinski definition) is 3. The minimum Gasteiger partial charge on any atom is -0.367 e. The van der Waals surface area contributed by atoms with E-state index in [-0.39, 0.29) is 0 Å². The highest BCUT2D eigenvalue weighted by atomic mass is 32.2. The fraction of sp³-hybridized carbons (Fsp3) is 0.565. The van der Waals surface area contributed by atoms with Crippen LogP contribution in [0.25, 0.3) is 10.9 Å². The lowest BCUT2D eigenvalue weighted by atomic mass is 9.73. The van der Waals surface area contributed by atoms with E-state index in [4.69, 9.17) is 12.2 Å². The number of thiocarbonyl (C=S) groups is 1. The first kappa shape index (κ1) is 25.8. The molecule has 0 saturated carbocycles. The molecule has 3 N–H and O–H groups in total. The van der Waals surface area contributed by atoms with Gasteiger partial charge in [-0.05, 0) is 56.2 Å². The molecule has 33 heavy (non-hydrogen) atoms. The van der Waals surface area contributed by atoms with Crippen LogP contribution in [0.2, 0.25) is 0 Å². The van der Waals surface area contributed by atoms with E-state index >= 15 is 0 Å². The number of aromatic amines is 1. The van der Waals surface area contributed by atoms with E-state index in [0.717, 1.165) is 17.9 Å². The third-order valence-electron chi connectivity index (χ3n) is 6.42. The zero-order valence-electron chi connectivity index (χ0n) is 19.3. The standard InChI is InChI=1S/C20H27N3S2.C3H4F3NO/c1-4-8-23-11-13(22-20(24)25-3)9-16-14-6-5-7-17-19(14)15(10-18(16)23)12(2)21-17;1-7-2(8)3(4,5)6/h5-7,13,16,18,21H,4,8-11H2,1-3H3,(H,22,24);1H3,(H,7,8)/t13-,16+,18+;/m0./s1. The Balaban J connectivity index is 0.000000331. The fourth-order valence-corrected chi connectivity index (χ4v) is 5.53. The molecule has 2 heterocycles. The molecule has 1 aromatic heterocycles. The van der Waals surface area contributed by atoms with Gasteiger partial charge in [0.05, 0.1) is 0 Å². The van der Waals surface area contributed by atoms with Crippen LogP contribution in [0, 0.1) is 6.92 Å². The number of hydrogen-bond acceptors (Lipinski definition) is 4. The number of piperidine rings is 1. The Bertz CT molecular complexity index is 1010. The lowest BCUT2D eigenvalue weighted by molar-refractivity contribution is -0.172. The Morgan fingerprint density at radius 3 is 2.67 bits per heavy atom. The fourth-order valence-electron chi connectivity index (χ4n) is 5.08. The second-order valence-corrected chi connectivity index (χ2v) is 10.00. The van der Waals surface area contributed by atoms with Crippen molar-refractivity contribution in [1.29, 1.82) is 0 Å². The number of rotatable bonds is 3. The molecule has 0 unspecified atom stereocenters. The van der Waals surface area contributed by atoms with E-state index in [1.807, 2.05) is 0 Å². The van der Waals surface area contributed by atoms with Crippen molar-refractivity contribution in [3.63, 3.8) is 0 Å². The molecule has 10 heteroatoms. The molecule has 1 amide bonds. The zero-order chi connectivity index (χ0) is 24.3. The van der Waals surface area contributed by atoms with Crippen LogP contribution >= 0.6 is 24.0 Å². The molecular formula is C23H31F3N4OS2. The van der Waals surface area contributed by atoms with E-state index in [1.54, 1.807) is 17.3 Å². The van der Waals surface area contributed by atoms with Crippen LogP contribution in [0.15, 0.2) is 18.2 Å². The van der Waals surface area contributed by atoms with Gasteiger partial charge in [-0.1, -0.05) is 31.3 Å². The maximum Gasteiger partial charge on any atom is 0.471 e. The molecule has 1 fully saturated rings. The first-order valence-electron chi connectivity index (χ1n) is 11.1. The van der Waals surface area contributed by atoms with Crippen molar-refractivity contribution in [3.8, 4) is 0 Å². The van der Waals surface area contributed by atoms with Gasteiger partial charge in [0.2, 0.25) is 0 Å². The van der Waals surface area contributed by atoms with Crippen LogP contribution in [0.1, 0.15) is 42.5 Å². The van der Waals surface area contributed by atoms with Crippen molar-refractivity contribution in [2.75, 3.05) is 26.4 Å². The number of likely N-dealkylation sites (tertiary alicyclic amines) is 1. The molecule has 1 saturated heterocycles. The van der Waals surface area contributed by atoms with Crippen molar-refractivity contribution < 1.29 is 18.0 Å². The summed E-state index contributed by atoms with van der Waals surface area (Å²) in [7, 11) is 0.926. The summed E-state index contributed by atoms with van der Waals surface area (Å²) >= 11 is 7.09. The third kappa shape index (κ3) is 5.66. The maximum absolute atomic E-state index is 11.0. The van der Waals surface area contributed by atoms with Crippen LogP contribution in [0.5, 0.6) is 0 Å². The van der Waals surface area contributed by atoms with Crippen molar-refractivity contribution >= 4 is 45.1 Å². The molecule has 1 aliphatic heterocycles. The summed E-state index contributed by atoms with van der Waals surface area (Å²) in [6, 6.07) is 7.86. The molecule has 182 valence electrons. The Morgan fingerprint density at radius 1 is 1.36 bits per heavy atom. The summed E-state index contributed by atoms with van der Waals surface area (Å²) in [5.74, 6) is -1.33. The second kappa shape index (κ2) is 10.7. The van der Waals surface area contributed by atoms with Gasteiger partial charge in [-0.3, -0.25) is 9.69 Å². The molecule has 0 bridgehead atoms. The van der Waals surface area contributed by atoms with E-state index in [2.05, 4.69) is 53.5 Å². The quantitative estimate of drug-likeness (QED) is 0.542. The molecule has 1 aliphatic carbocycles. The Kier molecular flexibility index (Phi) is 8.34. The molecule has 5 nitrogen and oxygen atoms in total. The number of aryl methyl sites for hydroxylation is 1. The Morgan fingerprint density at radius 2 is 2.09 bits per heavy atom. The van der Waals surface area contributed by atoms with Gasteiger partial charge >= 0.3 is 12.1 Å². The van der Waals surface area contributed by atoms with E-state index < -0.39 is 12.1 Å². The number of nitrogens with one attached hydrogen (secondary N) is 3. The summed E-state index contributed by atoms with van der Waals surface area (Å²) in [4.78, 5) is 15.9. The maximum atomic E-state index is 11.0. The summed E-state index contributed by atoms with van der Waals surface area (Å²) < 4.78 is 34.0. The van der Waals surface area contributed by atoms with Crippen LogP contribution in [0.4, 0.5) is 13.2 Å². The van der Waals surface area contributed by atoms with Crippen molar-refractivity contribution in [2.24, 2.45) is 0 Å². The summed E-state index contributed by atoms with van der Waals surface area (Å²) in [5.41, 5.74) is 5.73. The first-order chi connectivity index (χ1) is 15.6. The van der Waals surface area contributed by atoms with E-state index in [9.17, 15) is 18.0 Å². The SMILES string of the molecule is CCCN1C[C@@H](NC(=S)SC)C[C@@H]2c3cccc4[nH]c(C)c(c34)C[C@H]21.CNC(=O)C(F)(F)F. The number of thioether (sulfide) groups is 1. The second-order valence-electron chi connectivity index (χ2n) is 8.52. The smallest absolute Gasteiger partial charge is 0.367 e. The van der Waals surface area contributed by atoms with Gasteiger partial charge in [-0.25, -0.2) is 0 Å². The minimum atomic E-state index is -4.74. The lowest BCUT2D eigenvalue weighted by Gasteiger charge is -2.47. The number of alkyl halides is 3. The number of aromatic nitrogens is 1. The van der Waals surface area contributed by atoms with Gasteiger partial charge in [0.1, 0.15) is 4.32 Å². The molecule has 4 rings (SSSR count). The highest BCUT2D eigenvalue weighted by Gasteiger charge is 2.41. The Hall–Kier alpha value is -1.78. The molecule has 0 spiro atoms. The van der Waals surface area contributed by atoms with Crippen molar-refractivity contribution in [2.45, 2.75) is 57.3 Å². The number of nitrogens with zero attached hydrogens (tertiary/aromatic N) is 1. The number of H-pyrrole nitrogens is 1. The zero-order valence-corrected chi connectivity index (χ0v) is 20.9. The molecular weight excluding hydrogens is 469 g/mol. The van der Waals surface area contributed by atoms with Gasteiger partial charge < -0.3 is 15.6 Å². The van der Waals surface area contributed by atoms with Gasteiger partial charge in [-0.2, -0.15) is 13.2 Å². The number of carbonyl (C=O) groups excluding carboxylic acids is 1. The predicted octanol–water partition coefficient (Wildman–Crippen LogP) is 4.50. The van der Waals surface area contributed by atoms with Crippen LogP contribution in [0.3, 0.4) is 0 Å². The van der Waals surface area contributed by atoms with Crippen molar-refractivity contribution in [1.82, 2.24) is 20.5 Å². The van der Waals surface area contributed by atoms with E-state index in [0.29, 0.717) is 18.0 Å². The van der Waals surface area contributed by atoms with Crippen molar-refractivity contribution in [3.05, 3.63) is 35.0 Å². The number of amides is 1. The third-order valence-corrected chi connectivity index (χ3v) is 7.52. The highest BCUT2D eigenvalue weighted by molar-refractivity contribution is 8.22. The molecule has 3 atom stereocenters. The first-order valence-corrected chi connectivity index (χ1v) is 12.7.